The highest BCUT2D eigenvalue weighted by Crippen LogP contribution is 2.20. The summed E-state index contributed by atoms with van der Waals surface area (Å²) in [7, 11) is 0. The quantitative estimate of drug-likeness (QED) is 0.716. The van der Waals surface area contributed by atoms with Gasteiger partial charge in [0.2, 0.25) is 0 Å². The van der Waals surface area contributed by atoms with Gasteiger partial charge >= 0.3 is 5.97 Å². The van der Waals surface area contributed by atoms with Crippen LogP contribution in [-0.4, -0.2) is 29.2 Å². The Kier molecular flexibility index (Phi) is 4.53. The van der Waals surface area contributed by atoms with Gasteiger partial charge in [-0.25, -0.2) is 0 Å². The number of halogens is 1. The van der Waals surface area contributed by atoms with Gasteiger partial charge in [-0.2, -0.15) is 0 Å². The number of ether oxygens (including phenoxy) is 1. The van der Waals surface area contributed by atoms with Crippen LogP contribution in [0.2, 0.25) is 0 Å². The predicted octanol–water partition coefficient (Wildman–Crippen LogP) is 2.03. The van der Waals surface area contributed by atoms with Gasteiger partial charge in [-0.3, -0.25) is 4.79 Å². The summed E-state index contributed by atoms with van der Waals surface area (Å²) in [5, 5.41) is 7.60. The van der Waals surface area contributed by atoms with Crippen LogP contribution in [0.25, 0.3) is 0 Å². The zero-order valence-electron chi connectivity index (χ0n) is 7.54. The second kappa shape index (κ2) is 5.45. The summed E-state index contributed by atoms with van der Waals surface area (Å²) in [5.74, 6) is -1.00. The van der Waals surface area contributed by atoms with Gasteiger partial charge in [-0.15, -0.1) is 11.6 Å². The molecule has 0 aromatic carbocycles. The highest BCUT2D eigenvalue weighted by atomic mass is 35.5. The molecule has 1 aliphatic rings. The Morgan fingerprint density at radius 3 is 2.62 bits per heavy atom. The monoisotopic (exact) mass is 206 g/mol. The first-order chi connectivity index (χ1) is 6.20. The first kappa shape index (κ1) is 10.8. The molecule has 1 unspecified atom stereocenters. The van der Waals surface area contributed by atoms with Crippen LogP contribution in [0, 0.1) is 0 Å². The molecule has 0 bridgehead atoms. The summed E-state index contributed by atoms with van der Waals surface area (Å²) in [5.41, 5.74) is 0. The van der Waals surface area contributed by atoms with Crippen molar-refractivity contribution in [2.75, 3.05) is 6.61 Å². The third kappa shape index (κ3) is 3.96. The molecule has 0 saturated heterocycles. The molecule has 0 aliphatic heterocycles. The van der Waals surface area contributed by atoms with Crippen LogP contribution in [-0.2, 0) is 9.53 Å². The summed E-state index contributed by atoms with van der Waals surface area (Å²) in [6, 6.07) is 0. The molecular formula is C9H15ClO3. The molecule has 0 amide bonds. The zero-order chi connectivity index (χ0) is 9.68. The summed E-state index contributed by atoms with van der Waals surface area (Å²) < 4.78 is 5.39. The number of alkyl halides is 1. The van der Waals surface area contributed by atoms with E-state index in [9.17, 15) is 4.79 Å². The molecule has 1 aliphatic carbocycles. The number of carbonyl (C=O) groups is 1. The zero-order valence-corrected chi connectivity index (χ0v) is 8.29. The fourth-order valence-electron chi connectivity index (χ4n) is 1.52. The van der Waals surface area contributed by atoms with Gasteiger partial charge < -0.3 is 9.84 Å². The lowest BCUT2D eigenvalue weighted by Gasteiger charge is -2.22. The molecule has 4 heteroatoms. The van der Waals surface area contributed by atoms with Crippen LogP contribution >= 0.6 is 11.6 Å². The fourth-order valence-corrected chi connectivity index (χ4v) is 1.60. The molecule has 0 heterocycles. The molecule has 1 fully saturated rings. The number of carboxylic acids is 1. The molecule has 1 saturated carbocycles. The van der Waals surface area contributed by atoms with Crippen LogP contribution < -0.4 is 0 Å². The Morgan fingerprint density at radius 1 is 1.46 bits per heavy atom. The highest BCUT2D eigenvalue weighted by molar-refractivity contribution is 6.29. The molecule has 0 radical (unpaired) electrons. The van der Waals surface area contributed by atoms with E-state index >= 15 is 0 Å². The molecule has 76 valence electrons. The lowest BCUT2D eigenvalue weighted by molar-refractivity contribution is -0.138. The van der Waals surface area contributed by atoms with Crippen molar-refractivity contribution in [3.05, 3.63) is 0 Å². The number of hydrogen-bond acceptors (Lipinski definition) is 2. The standard InChI is InChI=1S/C9H15ClO3/c10-8(9(11)12)6-13-7-4-2-1-3-5-7/h7-8H,1-6H2,(H,11,12). The Labute approximate surface area is 83.0 Å². The maximum Gasteiger partial charge on any atom is 0.324 e. The smallest absolute Gasteiger partial charge is 0.324 e. The van der Waals surface area contributed by atoms with Crippen molar-refractivity contribution in [3.8, 4) is 0 Å². The molecule has 1 atom stereocenters. The molecule has 3 nitrogen and oxygen atoms in total. The minimum absolute atomic E-state index is 0.127. The van der Waals surface area contributed by atoms with E-state index in [0.29, 0.717) is 0 Å². The second-order valence-corrected chi connectivity index (χ2v) is 3.93. The van der Waals surface area contributed by atoms with Crippen LogP contribution in [0.15, 0.2) is 0 Å². The van der Waals surface area contributed by atoms with Crippen LogP contribution in [0.1, 0.15) is 32.1 Å². The van der Waals surface area contributed by atoms with Crippen molar-refractivity contribution < 1.29 is 14.6 Å². The van der Waals surface area contributed by atoms with Gasteiger partial charge in [0.1, 0.15) is 0 Å². The second-order valence-electron chi connectivity index (χ2n) is 3.40. The first-order valence-electron chi connectivity index (χ1n) is 4.68. The van der Waals surface area contributed by atoms with Gasteiger partial charge in [0.05, 0.1) is 12.7 Å². The topological polar surface area (TPSA) is 46.5 Å². The van der Waals surface area contributed by atoms with Crippen LogP contribution in [0.4, 0.5) is 0 Å². The average Bonchev–Trinajstić information content (AvgIpc) is 2.15. The minimum Gasteiger partial charge on any atom is -0.480 e. The van der Waals surface area contributed by atoms with Crippen molar-refractivity contribution in [3.63, 3.8) is 0 Å². The van der Waals surface area contributed by atoms with E-state index in [-0.39, 0.29) is 12.7 Å². The SMILES string of the molecule is O=C(O)C(Cl)COC1CCCCC1. The summed E-state index contributed by atoms with van der Waals surface area (Å²) >= 11 is 5.51. The normalized spacial score (nSPS) is 21.3. The van der Waals surface area contributed by atoms with Gasteiger partial charge in [0, 0.05) is 0 Å². The first-order valence-corrected chi connectivity index (χ1v) is 5.12. The van der Waals surface area contributed by atoms with Crippen molar-refractivity contribution in [2.24, 2.45) is 0 Å². The number of hydrogen-bond donors (Lipinski definition) is 1. The van der Waals surface area contributed by atoms with E-state index in [1.165, 1.54) is 19.3 Å². The van der Waals surface area contributed by atoms with E-state index in [0.717, 1.165) is 12.8 Å². The Balaban J connectivity index is 2.13. The van der Waals surface area contributed by atoms with Crippen molar-refractivity contribution >= 4 is 17.6 Å². The Hall–Kier alpha value is -0.280. The lowest BCUT2D eigenvalue weighted by atomic mass is 9.98. The molecule has 0 aromatic rings. The molecule has 1 N–H and O–H groups in total. The Bertz CT molecular complexity index is 166. The van der Waals surface area contributed by atoms with Gasteiger partial charge in [0.25, 0.3) is 0 Å². The van der Waals surface area contributed by atoms with Gasteiger partial charge in [-0.05, 0) is 12.8 Å². The molecule has 0 aromatic heterocycles. The minimum atomic E-state index is -1.00. The summed E-state index contributed by atoms with van der Waals surface area (Å²) in [6.45, 7) is 0.127. The van der Waals surface area contributed by atoms with Gasteiger partial charge in [-0.1, -0.05) is 19.3 Å². The van der Waals surface area contributed by atoms with Crippen LogP contribution in [0.3, 0.4) is 0 Å². The van der Waals surface area contributed by atoms with Crippen molar-refractivity contribution in [2.45, 2.75) is 43.6 Å². The van der Waals surface area contributed by atoms with Crippen LogP contribution in [0.5, 0.6) is 0 Å². The third-order valence-corrected chi connectivity index (χ3v) is 2.61. The molecule has 1 rings (SSSR count). The van der Waals surface area contributed by atoms with Crippen molar-refractivity contribution in [1.29, 1.82) is 0 Å². The lowest BCUT2D eigenvalue weighted by Crippen LogP contribution is -2.25. The maximum atomic E-state index is 10.4. The fraction of sp³-hybridized carbons (Fsp3) is 0.889. The summed E-state index contributed by atoms with van der Waals surface area (Å²) in [4.78, 5) is 10.4. The predicted molar refractivity (Wildman–Crippen MR) is 50.1 cm³/mol. The number of rotatable bonds is 4. The molecule has 13 heavy (non-hydrogen) atoms. The third-order valence-electron chi connectivity index (χ3n) is 2.30. The largest absolute Gasteiger partial charge is 0.480 e. The molecular weight excluding hydrogens is 192 g/mol. The van der Waals surface area contributed by atoms with E-state index in [1.807, 2.05) is 0 Å². The van der Waals surface area contributed by atoms with E-state index < -0.39 is 11.3 Å². The van der Waals surface area contributed by atoms with Crippen molar-refractivity contribution in [1.82, 2.24) is 0 Å². The maximum absolute atomic E-state index is 10.4. The average molecular weight is 207 g/mol. The van der Waals surface area contributed by atoms with E-state index in [1.54, 1.807) is 0 Å². The van der Waals surface area contributed by atoms with E-state index in [2.05, 4.69) is 0 Å². The molecule has 0 spiro atoms. The van der Waals surface area contributed by atoms with E-state index in [4.69, 9.17) is 21.4 Å². The van der Waals surface area contributed by atoms with Gasteiger partial charge in [0.15, 0.2) is 5.38 Å². The highest BCUT2D eigenvalue weighted by Gasteiger charge is 2.18. The Morgan fingerprint density at radius 2 is 2.08 bits per heavy atom. The number of carboxylic acid groups (broad SMARTS) is 1. The number of aliphatic carboxylic acids is 1. The summed E-state index contributed by atoms with van der Waals surface area (Å²) in [6.07, 6.45) is 5.96.